The van der Waals surface area contributed by atoms with Gasteiger partial charge >= 0.3 is 0 Å². The molecule has 0 amide bonds. The molecule has 0 aromatic carbocycles. The fourth-order valence-electron chi connectivity index (χ4n) is 1.95. The van der Waals surface area contributed by atoms with Crippen molar-refractivity contribution in [1.82, 2.24) is 9.97 Å². The van der Waals surface area contributed by atoms with Gasteiger partial charge in [0.25, 0.3) is 0 Å². The SMILES string of the molecule is CCCNc1nc(C(C)(C)OCC)nc(CCC)c1I. The normalized spacial score (nSPS) is 11.7. The number of nitrogens with zero attached hydrogens (tertiary/aromatic N) is 2. The first-order valence-electron chi connectivity index (χ1n) is 7.40. The van der Waals surface area contributed by atoms with Crippen molar-refractivity contribution in [2.24, 2.45) is 0 Å². The van der Waals surface area contributed by atoms with Crippen molar-refractivity contribution in [3.63, 3.8) is 0 Å². The molecule has 114 valence electrons. The molecular weight excluding hydrogens is 365 g/mol. The van der Waals surface area contributed by atoms with Gasteiger partial charge in [0.2, 0.25) is 0 Å². The average molecular weight is 391 g/mol. The summed E-state index contributed by atoms with van der Waals surface area (Å²) in [6.07, 6.45) is 3.12. The van der Waals surface area contributed by atoms with Gasteiger partial charge in [-0.05, 0) is 56.2 Å². The topological polar surface area (TPSA) is 47.0 Å². The number of rotatable bonds is 8. The van der Waals surface area contributed by atoms with Crippen LogP contribution in [0.25, 0.3) is 0 Å². The third kappa shape index (κ3) is 4.55. The number of anilines is 1. The predicted molar refractivity (Wildman–Crippen MR) is 92.2 cm³/mol. The van der Waals surface area contributed by atoms with Gasteiger partial charge < -0.3 is 10.1 Å². The number of halogens is 1. The summed E-state index contributed by atoms with van der Waals surface area (Å²) < 4.78 is 6.93. The third-order valence-electron chi connectivity index (χ3n) is 2.99. The zero-order valence-corrected chi connectivity index (χ0v) is 15.4. The molecule has 0 aliphatic rings. The second-order valence-corrected chi connectivity index (χ2v) is 6.36. The molecule has 1 aromatic rings. The maximum Gasteiger partial charge on any atom is 0.162 e. The second kappa shape index (κ2) is 8.12. The number of aromatic nitrogens is 2. The fraction of sp³-hybridized carbons (Fsp3) is 0.733. The number of hydrogen-bond donors (Lipinski definition) is 1. The highest BCUT2D eigenvalue weighted by Gasteiger charge is 2.26. The minimum atomic E-state index is -0.454. The molecule has 0 radical (unpaired) electrons. The van der Waals surface area contributed by atoms with Gasteiger partial charge in [0.15, 0.2) is 5.82 Å². The van der Waals surface area contributed by atoms with Gasteiger partial charge in [-0.25, -0.2) is 9.97 Å². The van der Waals surface area contributed by atoms with E-state index >= 15 is 0 Å². The van der Waals surface area contributed by atoms with Crippen molar-refractivity contribution in [2.75, 3.05) is 18.5 Å². The van der Waals surface area contributed by atoms with Crippen LogP contribution >= 0.6 is 22.6 Å². The summed E-state index contributed by atoms with van der Waals surface area (Å²) >= 11 is 2.34. The van der Waals surface area contributed by atoms with Crippen LogP contribution in [0.4, 0.5) is 5.82 Å². The molecule has 1 heterocycles. The Bertz CT molecular complexity index is 435. The van der Waals surface area contributed by atoms with Gasteiger partial charge in [0.05, 0.1) is 9.26 Å². The molecule has 0 aliphatic carbocycles. The molecule has 20 heavy (non-hydrogen) atoms. The first-order valence-corrected chi connectivity index (χ1v) is 8.48. The van der Waals surface area contributed by atoms with Crippen molar-refractivity contribution < 1.29 is 4.74 Å². The Labute approximate surface area is 136 Å². The summed E-state index contributed by atoms with van der Waals surface area (Å²) in [6.45, 7) is 12.0. The lowest BCUT2D eigenvalue weighted by Crippen LogP contribution is -2.26. The zero-order chi connectivity index (χ0) is 15.2. The van der Waals surface area contributed by atoms with E-state index in [1.807, 2.05) is 20.8 Å². The van der Waals surface area contributed by atoms with Crippen molar-refractivity contribution in [3.8, 4) is 0 Å². The van der Waals surface area contributed by atoms with Crippen molar-refractivity contribution in [3.05, 3.63) is 15.1 Å². The molecule has 0 saturated heterocycles. The average Bonchev–Trinajstić information content (AvgIpc) is 2.39. The Morgan fingerprint density at radius 1 is 1.15 bits per heavy atom. The molecule has 1 N–H and O–H groups in total. The highest BCUT2D eigenvalue weighted by Crippen LogP contribution is 2.27. The number of ether oxygens (including phenoxy) is 1. The van der Waals surface area contributed by atoms with E-state index in [1.54, 1.807) is 0 Å². The van der Waals surface area contributed by atoms with Gasteiger partial charge in [-0.15, -0.1) is 0 Å². The quantitative estimate of drug-likeness (QED) is 0.677. The standard InChI is InChI=1S/C15H26IN3O/c1-6-9-11-12(16)13(17-10-7-2)19-14(18-11)15(4,5)20-8-3/h6-10H2,1-5H3,(H,17,18,19). The van der Waals surface area contributed by atoms with E-state index in [1.165, 1.54) is 0 Å². The summed E-state index contributed by atoms with van der Waals surface area (Å²) in [5.74, 6) is 1.70. The summed E-state index contributed by atoms with van der Waals surface area (Å²) in [5.41, 5.74) is 0.661. The Morgan fingerprint density at radius 3 is 2.40 bits per heavy atom. The first-order chi connectivity index (χ1) is 9.46. The summed E-state index contributed by atoms with van der Waals surface area (Å²) in [7, 11) is 0. The van der Waals surface area contributed by atoms with Crippen LogP contribution in [-0.2, 0) is 16.8 Å². The largest absolute Gasteiger partial charge is 0.369 e. The van der Waals surface area contributed by atoms with Gasteiger partial charge in [0.1, 0.15) is 11.4 Å². The number of hydrogen-bond acceptors (Lipinski definition) is 4. The predicted octanol–water partition coefficient (Wildman–Crippen LogP) is 4.13. The number of nitrogens with one attached hydrogen (secondary N) is 1. The maximum absolute atomic E-state index is 5.79. The Balaban J connectivity index is 3.20. The van der Waals surface area contributed by atoms with Gasteiger partial charge in [-0.3, -0.25) is 0 Å². The lowest BCUT2D eigenvalue weighted by atomic mass is 10.1. The van der Waals surface area contributed by atoms with Crippen molar-refractivity contribution in [1.29, 1.82) is 0 Å². The molecule has 5 heteroatoms. The smallest absolute Gasteiger partial charge is 0.162 e. The van der Waals surface area contributed by atoms with E-state index in [-0.39, 0.29) is 0 Å². The van der Waals surface area contributed by atoms with Crippen molar-refractivity contribution in [2.45, 2.75) is 59.5 Å². The van der Waals surface area contributed by atoms with E-state index in [4.69, 9.17) is 9.72 Å². The Hall–Kier alpha value is -0.430. The fourth-order valence-corrected chi connectivity index (χ4v) is 2.65. The van der Waals surface area contributed by atoms with E-state index in [0.29, 0.717) is 6.61 Å². The molecule has 1 aromatic heterocycles. The molecule has 0 atom stereocenters. The van der Waals surface area contributed by atoms with Crippen LogP contribution < -0.4 is 5.32 Å². The Morgan fingerprint density at radius 2 is 1.85 bits per heavy atom. The highest BCUT2D eigenvalue weighted by molar-refractivity contribution is 14.1. The van der Waals surface area contributed by atoms with Crippen LogP contribution in [0.15, 0.2) is 0 Å². The van der Waals surface area contributed by atoms with E-state index < -0.39 is 5.60 Å². The van der Waals surface area contributed by atoms with Crippen LogP contribution in [-0.4, -0.2) is 23.1 Å². The van der Waals surface area contributed by atoms with Gasteiger partial charge in [-0.2, -0.15) is 0 Å². The first kappa shape index (κ1) is 17.6. The van der Waals surface area contributed by atoms with Crippen LogP contribution in [0.5, 0.6) is 0 Å². The molecular formula is C15H26IN3O. The van der Waals surface area contributed by atoms with E-state index in [0.717, 1.165) is 46.7 Å². The zero-order valence-electron chi connectivity index (χ0n) is 13.2. The van der Waals surface area contributed by atoms with Crippen LogP contribution in [0.1, 0.15) is 59.0 Å². The maximum atomic E-state index is 5.79. The van der Waals surface area contributed by atoms with E-state index in [9.17, 15) is 0 Å². The lowest BCUT2D eigenvalue weighted by molar-refractivity contribution is -0.0209. The number of aryl methyl sites for hydroxylation is 1. The molecule has 1 rings (SSSR count). The second-order valence-electron chi connectivity index (χ2n) is 5.28. The Kier molecular flexibility index (Phi) is 7.15. The van der Waals surface area contributed by atoms with Crippen LogP contribution in [0, 0.1) is 3.57 Å². The summed E-state index contributed by atoms with van der Waals surface area (Å²) in [6, 6.07) is 0. The van der Waals surface area contributed by atoms with Crippen LogP contribution in [0.2, 0.25) is 0 Å². The minimum absolute atomic E-state index is 0.454. The van der Waals surface area contributed by atoms with Crippen molar-refractivity contribution >= 4 is 28.4 Å². The molecule has 0 aliphatic heterocycles. The lowest BCUT2D eigenvalue weighted by Gasteiger charge is -2.24. The summed E-state index contributed by atoms with van der Waals surface area (Å²) in [5, 5.41) is 3.40. The van der Waals surface area contributed by atoms with E-state index in [2.05, 4.69) is 46.7 Å². The molecule has 0 bridgehead atoms. The monoisotopic (exact) mass is 391 g/mol. The van der Waals surface area contributed by atoms with Crippen LogP contribution in [0.3, 0.4) is 0 Å². The highest BCUT2D eigenvalue weighted by atomic mass is 127. The molecule has 0 saturated carbocycles. The molecule has 4 nitrogen and oxygen atoms in total. The summed E-state index contributed by atoms with van der Waals surface area (Å²) in [4.78, 5) is 9.43. The molecule has 0 spiro atoms. The van der Waals surface area contributed by atoms with Gasteiger partial charge in [0, 0.05) is 13.2 Å². The molecule has 0 unspecified atom stereocenters. The third-order valence-corrected chi connectivity index (χ3v) is 4.13. The molecule has 0 fully saturated rings. The minimum Gasteiger partial charge on any atom is -0.369 e. The van der Waals surface area contributed by atoms with Gasteiger partial charge in [-0.1, -0.05) is 20.3 Å².